The van der Waals surface area contributed by atoms with Crippen molar-refractivity contribution in [3.05, 3.63) is 29.3 Å². The molecule has 6 nitrogen and oxygen atoms in total. The first kappa shape index (κ1) is 18.8. The van der Waals surface area contributed by atoms with Crippen LogP contribution in [-0.2, 0) is 0 Å². The van der Waals surface area contributed by atoms with E-state index in [1.807, 2.05) is 6.19 Å². The Balaban J connectivity index is 2.44. The SMILES string of the molecule is CCCCCC(=N[C@@H]1c2cc(C#N)ccc2OC(C)(C)[C@H]1O)NC#N. The van der Waals surface area contributed by atoms with Gasteiger partial charge in [-0.3, -0.25) is 10.3 Å². The van der Waals surface area contributed by atoms with Crippen molar-refractivity contribution in [2.75, 3.05) is 0 Å². The molecule has 0 fully saturated rings. The molecule has 1 aliphatic rings. The van der Waals surface area contributed by atoms with Gasteiger partial charge in [0.2, 0.25) is 0 Å². The van der Waals surface area contributed by atoms with Crippen LogP contribution in [0.15, 0.2) is 23.2 Å². The van der Waals surface area contributed by atoms with Crippen LogP contribution >= 0.6 is 0 Å². The first-order valence-corrected chi connectivity index (χ1v) is 8.55. The number of nitrogens with one attached hydrogen (secondary N) is 1. The number of benzene rings is 1. The molecule has 1 heterocycles. The van der Waals surface area contributed by atoms with E-state index in [1.54, 1.807) is 32.0 Å². The summed E-state index contributed by atoms with van der Waals surface area (Å²) in [5.74, 6) is 1.15. The fourth-order valence-corrected chi connectivity index (χ4v) is 2.91. The van der Waals surface area contributed by atoms with E-state index in [4.69, 9.17) is 15.3 Å². The van der Waals surface area contributed by atoms with E-state index < -0.39 is 17.7 Å². The van der Waals surface area contributed by atoms with E-state index in [9.17, 15) is 5.11 Å². The molecule has 2 atom stereocenters. The minimum atomic E-state index is -0.893. The van der Waals surface area contributed by atoms with Crippen molar-refractivity contribution in [2.24, 2.45) is 4.99 Å². The monoisotopic (exact) mass is 340 g/mol. The molecule has 1 aromatic carbocycles. The van der Waals surface area contributed by atoms with Gasteiger partial charge in [-0.2, -0.15) is 10.5 Å². The van der Waals surface area contributed by atoms with Crippen LogP contribution in [0, 0.1) is 22.8 Å². The van der Waals surface area contributed by atoms with Crippen molar-refractivity contribution >= 4 is 5.84 Å². The zero-order valence-electron chi connectivity index (χ0n) is 14.9. The first-order chi connectivity index (χ1) is 11.9. The van der Waals surface area contributed by atoms with Gasteiger partial charge in [0.15, 0.2) is 6.19 Å². The lowest BCUT2D eigenvalue weighted by Gasteiger charge is -2.40. The molecule has 0 bridgehead atoms. The Morgan fingerprint density at radius 3 is 2.76 bits per heavy atom. The summed E-state index contributed by atoms with van der Waals surface area (Å²) >= 11 is 0. The van der Waals surface area contributed by atoms with Gasteiger partial charge in [0.05, 0.1) is 11.6 Å². The highest BCUT2D eigenvalue weighted by Crippen LogP contribution is 2.42. The summed E-state index contributed by atoms with van der Waals surface area (Å²) in [6, 6.07) is 6.62. The quantitative estimate of drug-likeness (QED) is 0.282. The Morgan fingerprint density at radius 1 is 1.36 bits per heavy atom. The van der Waals surface area contributed by atoms with Gasteiger partial charge < -0.3 is 9.84 Å². The normalized spacial score (nSPS) is 21.4. The topological polar surface area (TPSA) is 101 Å². The summed E-state index contributed by atoms with van der Waals surface area (Å²) in [6.45, 7) is 5.71. The molecule has 0 aliphatic carbocycles. The van der Waals surface area contributed by atoms with Crippen LogP contribution < -0.4 is 10.1 Å². The van der Waals surface area contributed by atoms with Gasteiger partial charge in [0.25, 0.3) is 0 Å². The number of aliphatic hydroxyl groups is 1. The summed E-state index contributed by atoms with van der Waals surface area (Å²) in [7, 11) is 0. The third-order valence-corrected chi connectivity index (χ3v) is 4.35. The number of hydrogen-bond acceptors (Lipinski definition) is 5. The number of amidine groups is 1. The van der Waals surface area contributed by atoms with Gasteiger partial charge in [0, 0.05) is 12.0 Å². The number of nitrogens with zero attached hydrogens (tertiary/aromatic N) is 3. The maximum atomic E-state index is 10.8. The molecule has 2 N–H and O–H groups in total. The summed E-state index contributed by atoms with van der Waals surface area (Å²) < 4.78 is 5.89. The fraction of sp³-hybridized carbons (Fsp3) is 0.526. The first-order valence-electron chi connectivity index (χ1n) is 8.55. The fourth-order valence-electron chi connectivity index (χ4n) is 2.91. The van der Waals surface area contributed by atoms with Crippen molar-refractivity contribution < 1.29 is 9.84 Å². The van der Waals surface area contributed by atoms with E-state index in [2.05, 4.69) is 23.3 Å². The second-order valence-electron chi connectivity index (χ2n) is 6.73. The zero-order valence-corrected chi connectivity index (χ0v) is 14.9. The smallest absolute Gasteiger partial charge is 0.182 e. The van der Waals surface area contributed by atoms with Crippen LogP contribution in [0.4, 0.5) is 0 Å². The van der Waals surface area contributed by atoms with Crippen LogP contribution in [0.2, 0.25) is 0 Å². The summed E-state index contributed by atoms with van der Waals surface area (Å²) in [4.78, 5) is 4.63. The van der Waals surface area contributed by atoms with Crippen molar-refractivity contribution in [2.45, 2.75) is 64.2 Å². The molecular weight excluding hydrogens is 316 g/mol. The summed E-state index contributed by atoms with van der Waals surface area (Å²) in [6.07, 6.45) is 4.70. The van der Waals surface area contributed by atoms with Crippen LogP contribution in [-0.4, -0.2) is 22.6 Å². The third-order valence-electron chi connectivity index (χ3n) is 4.35. The van der Waals surface area contributed by atoms with Crippen molar-refractivity contribution in [3.8, 4) is 18.0 Å². The Bertz CT molecular complexity index is 728. The largest absolute Gasteiger partial charge is 0.485 e. The lowest BCUT2D eigenvalue weighted by atomic mass is 9.86. The zero-order chi connectivity index (χ0) is 18.4. The second-order valence-corrected chi connectivity index (χ2v) is 6.73. The van der Waals surface area contributed by atoms with Gasteiger partial charge in [0.1, 0.15) is 29.3 Å². The molecule has 1 aromatic rings. The lowest BCUT2D eigenvalue weighted by molar-refractivity contribution is -0.0567. The maximum Gasteiger partial charge on any atom is 0.182 e. The Morgan fingerprint density at radius 2 is 2.12 bits per heavy atom. The summed E-state index contributed by atoms with van der Waals surface area (Å²) in [5, 5.41) is 31.6. The number of ether oxygens (including phenoxy) is 1. The average molecular weight is 340 g/mol. The number of aliphatic imine (C=N–C) groups is 1. The second kappa shape index (κ2) is 8.00. The average Bonchev–Trinajstić information content (AvgIpc) is 2.58. The molecule has 0 spiro atoms. The number of hydrogen-bond donors (Lipinski definition) is 2. The number of rotatable bonds is 5. The maximum absolute atomic E-state index is 10.8. The van der Waals surface area contributed by atoms with E-state index in [-0.39, 0.29) is 0 Å². The molecule has 2 rings (SSSR count). The molecule has 132 valence electrons. The molecule has 0 amide bonds. The van der Waals surface area contributed by atoms with Gasteiger partial charge in [-0.25, -0.2) is 0 Å². The summed E-state index contributed by atoms with van der Waals surface area (Å²) in [5.41, 5.74) is 0.324. The molecule has 0 aromatic heterocycles. The molecule has 0 unspecified atom stereocenters. The highest BCUT2D eigenvalue weighted by Gasteiger charge is 2.43. The molecular formula is C19H24N4O2. The van der Waals surface area contributed by atoms with E-state index in [0.29, 0.717) is 29.1 Å². The predicted molar refractivity (Wildman–Crippen MR) is 94.9 cm³/mol. The molecule has 0 radical (unpaired) electrons. The minimum Gasteiger partial charge on any atom is -0.485 e. The number of fused-ring (bicyclic) bond motifs is 1. The lowest BCUT2D eigenvalue weighted by Crippen LogP contribution is -2.48. The van der Waals surface area contributed by atoms with Crippen LogP contribution in [0.5, 0.6) is 5.75 Å². The Kier molecular flexibility index (Phi) is 6.01. The molecule has 1 aliphatic heterocycles. The van der Waals surface area contributed by atoms with E-state index in [0.717, 1.165) is 19.3 Å². The highest BCUT2D eigenvalue weighted by atomic mass is 16.5. The van der Waals surface area contributed by atoms with Gasteiger partial charge in [-0.1, -0.05) is 19.8 Å². The van der Waals surface area contributed by atoms with Crippen LogP contribution in [0.25, 0.3) is 0 Å². The van der Waals surface area contributed by atoms with Crippen LogP contribution in [0.3, 0.4) is 0 Å². The van der Waals surface area contributed by atoms with Crippen molar-refractivity contribution in [1.29, 1.82) is 10.5 Å². The Labute approximate surface area is 148 Å². The van der Waals surface area contributed by atoms with Crippen molar-refractivity contribution in [1.82, 2.24) is 5.32 Å². The highest BCUT2D eigenvalue weighted by molar-refractivity contribution is 5.83. The van der Waals surface area contributed by atoms with E-state index in [1.165, 1.54) is 0 Å². The molecule has 0 saturated carbocycles. The van der Waals surface area contributed by atoms with Gasteiger partial charge in [-0.05, 0) is 38.5 Å². The predicted octanol–water partition coefficient (Wildman–Crippen LogP) is 3.18. The standard InChI is InChI=1S/C19H24N4O2/c1-4-5-6-7-16(22-12-21)23-17-14-10-13(11-20)8-9-15(14)25-19(2,3)18(17)24/h8-10,17-18,24H,4-7H2,1-3H3,(H,22,23)/t17-,18+/m1/s1. The van der Waals surface area contributed by atoms with E-state index >= 15 is 0 Å². The molecule has 6 heteroatoms. The van der Waals surface area contributed by atoms with Gasteiger partial charge in [-0.15, -0.1) is 0 Å². The number of unbranched alkanes of at least 4 members (excludes halogenated alkanes) is 2. The molecule has 25 heavy (non-hydrogen) atoms. The minimum absolute atomic E-state index is 0.482. The van der Waals surface area contributed by atoms with Crippen LogP contribution in [0.1, 0.15) is 63.6 Å². The van der Waals surface area contributed by atoms with Gasteiger partial charge >= 0.3 is 0 Å². The van der Waals surface area contributed by atoms with Crippen molar-refractivity contribution in [3.63, 3.8) is 0 Å². The number of aliphatic hydroxyl groups excluding tert-OH is 1. The molecule has 0 saturated heterocycles. The third kappa shape index (κ3) is 4.29. The number of nitriles is 2. The Hall–Kier alpha value is -2.57.